The number of carbonyl (C=O) groups is 1. The van der Waals surface area contributed by atoms with Gasteiger partial charge in [-0.25, -0.2) is 4.79 Å². The maximum atomic E-state index is 12.3. The van der Waals surface area contributed by atoms with E-state index in [9.17, 15) is 4.79 Å². The summed E-state index contributed by atoms with van der Waals surface area (Å²) in [5, 5.41) is 2.97. The van der Waals surface area contributed by atoms with Crippen molar-refractivity contribution in [3.8, 4) is 0 Å². The predicted octanol–water partition coefficient (Wildman–Crippen LogP) is 1.87. The van der Waals surface area contributed by atoms with E-state index in [2.05, 4.69) is 24.2 Å². The van der Waals surface area contributed by atoms with Crippen LogP contribution in [0.3, 0.4) is 0 Å². The first-order valence-corrected chi connectivity index (χ1v) is 7.09. The maximum Gasteiger partial charge on any atom is 0.322 e. The van der Waals surface area contributed by atoms with Crippen LogP contribution in [-0.2, 0) is 0 Å². The molecular weight excluding hydrogens is 252 g/mol. The van der Waals surface area contributed by atoms with Gasteiger partial charge in [-0.2, -0.15) is 0 Å². The molecule has 5 heteroatoms. The number of hydrogen-bond acceptors (Lipinski definition) is 3. The average Bonchev–Trinajstić information content (AvgIpc) is 2.38. The fraction of sp³-hybridized carbons (Fsp3) is 0.533. The lowest BCUT2D eigenvalue weighted by atomic mass is 10.1. The summed E-state index contributed by atoms with van der Waals surface area (Å²) in [6.07, 6.45) is 0. The fourth-order valence-corrected chi connectivity index (χ4v) is 2.54. The minimum Gasteiger partial charge on any atom is -0.324 e. The number of nitrogens with zero attached hydrogens (tertiary/aromatic N) is 2. The normalized spacial score (nSPS) is 21.6. The smallest absolute Gasteiger partial charge is 0.322 e. The number of piperazine rings is 1. The van der Waals surface area contributed by atoms with Crippen molar-refractivity contribution in [3.05, 3.63) is 29.8 Å². The number of nitrogens with two attached hydrogens (primary N) is 1. The summed E-state index contributed by atoms with van der Waals surface area (Å²) in [5.74, 6) is 0. The zero-order valence-corrected chi connectivity index (χ0v) is 12.5. The lowest BCUT2D eigenvalue weighted by Crippen LogP contribution is -2.53. The average molecular weight is 276 g/mol. The maximum absolute atomic E-state index is 12.3. The Bertz CT molecular complexity index is 475. The third kappa shape index (κ3) is 3.49. The molecular formula is C15H24N4O. The van der Waals surface area contributed by atoms with Crippen LogP contribution in [0.5, 0.6) is 0 Å². The second-order valence-corrected chi connectivity index (χ2v) is 5.65. The molecule has 1 aromatic rings. The van der Waals surface area contributed by atoms with Crippen molar-refractivity contribution in [2.24, 2.45) is 5.73 Å². The molecule has 0 bridgehead atoms. The van der Waals surface area contributed by atoms with Gasteiger partial charge in [0.1, 0.15) is 0 Å². The first kappa shape index (κ1) is 14.8. The van der Waals surface area contributed by atoms with E-state index in [0.717, 1.165) is 30.9 Å². The standard InChI is InChI=1S/C15H24N4O/c1-11-10-18(3)7-8-19(11)15(20)17-14-6-4-5-13(9-14)12(2)16/h4-6,9,11-12H,7-8,10,16H2,1-3H3,(H,17,20). The van der Waals surface area contributed by atoms with Crippen molar-refractivity contribution in [2.45, 2.75) is 25.9 Å². The Balaban J connectivity index is 2.02. The molecule has 0 aliphatic carbocycles. The minimum absolute atomic E-state index is 0.0330. The molecule has 2 rings (SSSR count). The van der Waals surface area contributed by atoms with Gasteiger partial charge in [-0.3, -0.25) is 0 Å². The number of urea groups is 1. The molecule has 2 unspecified atom stereocenters. The van der Waals surface area contributed by atoms with Crippen molar-refractivity contribution in [1.82, 2.24) is 9.80 Å². The number of rotatable bonds is 2. The van der Waals surface area contributed by atoms with Crippen LogP contribution in [0.1, 0.15) is 25.5 Å². The van der Waals surface area contributed by atoms with Gasteiger partial charge in [-0.15, -0.1) is 0 Å². The number of likely N-dealkylation sites (N-methyl/N-ethyl adjacent to an activating group) is 1. The highest BCUT2D eigenvalue weighted by atomic mass is 16.2. The van der Waals surface area contributed by atoms with Gasteiger partial charge in [-0.1, -0.05) is 12.1 Å². The largest absolute Gasteiger partial charge is 0.324 e. The number of carbonyl (C=O) groups excluding carboxylic acids is 1. The number of hydrogen-bond donors (Lipinski definition) is 2. The third-order valence-corrected chi connectivity index (χ3v) is 3.76. The summed E-state index contributed by atoms with van der Waals surface area (Å²) in [5.41, 5.74) is 7.69. The highest BCUT2D eigenvalue weighted by molar-refractivity contribution is 5.89. The topological polar surface area (TPSA) is 61.6 Å². The highest BCUT2D eigenvalue weighted by Crippen LogP contribution is 2.17. The molecule has 0 saturated carbocycles. The summed E-state index contributed by atoms with van der Waals surface area (Å²) in [4.78, 5) is 16.5. The molecule has 1 saturated heterocycles. The SMILES string of the molecule is CC(N)c1cccc(NC(=O)N2CCN(C)CC2C)c1. The van der Waals surface area contributed by atoms with Gasteiger partial charge in [0, 0.05) is 37.4 Å². The van der Waals surface area contributed by atoms with Gasteiger partial charge >= 0.3 is 6.03 Å². The Morgan fingerprint density at radius 1 is 1.45 bits per heavy atom. The molecule has 20 heavy (non-hydrogen) atoms. The van der Waals surface area contributed by atoms with Gasteiger partial charge in [0.25, 0.3) is 0 Å². The van der Waals surface area contributed by atoms with Crippen molar-refractivity contribution >= 4 is 11.7 Å². The molecule has 1 aliphatic heterocycles. The molecule has 1 heterocycles. The van der Waals surface area contributed by atoms with E-state index in [-0.39, 0.29) is 18.1 Å². The monoisotopic (exact) mass is 276 g/mol. The van der Waals surface area contributed by atoms with Gasteiger partial charge in [0.15, 0.2) is 0 Å². The molecule has 0 spiro atoms. The molecule has 5 nitrogen and oxygen atoms in total. The van der Waals surface area contributed by atoms with Gasteiger partial charge in [0.2, 0.25) is 0 Å². The van der Waals surface area contributed by atoms with Gasteiger partial charge in [-0.05, 0) is 38.6 Å². The van der Waals surface area contributed by atoms with Crippen LogP contribution in [0.4, 0.5) is 10.5 Å². The Morgan fingerprint density at radius 3 is 2.85 bits per heavy atom. The highest BCUT2D eigenvalue weighted by Gasteiger charge is 2.25. The van der Waals surface area contributed by atoms with Crippen LogP contribution < -0.4 is 11.1 Å². The minimum atomic E-state index is -0.0348. The van der Waals surface area contributed by atoms with E-state index >= 15 is 0 Å². The molecule has 2 atom stereocenters. The van der Waals surface area contributed by atoms with Crippen molar-refractivity contribution in [3.63, 3.8) is 0 Å². The Morgan fingerprint density at radius 2 is 2.20 bits per heavy atom. The molecule has 2 amide bonds. The van der Waals surface area contributed by atoms with Crippen molar-refractivity contribution in [1.29, 1.82) is 0 Å². The second-order valence-electron chi connectivity index (χ2n) is 5.65. The van der Waals surface area contributed by atoms with E-state index < -0.39 is 0 Å². The predicted molar refractivity (Wildman–Crippen MR) is 81.7 cm³/mol. The zero-order chi connectivity index (χ0) is 14.7. The van der Waals surface area contributed by atoms with Crippen LogP contribution in [0.2, 0.25) is 0 Å². The molecule has 0 radical (unpaired) electrons. The van der Waals surface area contributed by atoms with E-state index in [1.165, 1.54) is 0 Å². The molecule has 1 fully saturated rings. The molecule has 3 N–H and O–H groups in total. The lowest BCUT2D eigenvalue weighted by molar-refractivity contribution is 0.125. The van der Waals surface area contributed by atoms with Crippen molar-refractivity contribution < 1.29 is 4.79 Å². The Kier molecular flexibility index (Phi) is 4.62. The second kappa shape index (κ2) is 6.24. The Labute approximate surface area is 120 Å². The Hall–Kier alpha value is -1.59. The molecule has 0 aromatic heterocycles. The third-order valence-electron chi connectivity index (χ3n) is 3.76. The lowest BCUT2D eigenvalue weighted by Gasteiger charge is -2.38. The number of amides is 2. The van der Waals surface area contributed by atoms with E-state index in [0.29, 0.717) is 0 Å². The first-order valence-electron chi connectivity index (χ1n) is 7.09. The van der Waals surface area contributed by atoms with Crippen LogP contribution in [0.25, 0.3) is 0 Å². The number of benzene rings is 1. The summed E-state index contributed by atoms with van der Waals surface area (Å²) in [6, 6.07) is 7.88. The van der Waals surface area contributed by atoms with E-state index in [1.807, 2.05) is 36.1 Å². The van der Waals surface area contributed by atoms with Gasteiger partial charge in [0.05, 0.1) is 0 Å². The number of anilines is 1. The summed E-state index contributed by atoms with van der Waals surface area (Å²) in [6.45, 7) is 6.60. The number of nitrogens with one attached hydrogen (secondary N) is 1. The van der Waals surface area contributed by atoms with Crippen LogP contribution in [0, 0.1) is 0 Å². The summed E-state index contributed by atoms with van der Waals surface area (Å²) in [7, 11) is 2.08. The quantitative estimate of drug-likeness (QED) is 0.867. The molecule has 1 aliphatic rings. The molecule has 1 aromatic carbocycles. The summed E-state index contributed by atoms with van der Waals surface area (Å²) >= 11 is 0. The van der Waals surface area contributed by atoms with Crippen LogP contribution in [0.15, 0.2) is 24.3 Å². The van der Waals surface area contributed by atoms with Crippen LogP contribution in [-0.4, -0.2) is 48.6 Å². The van der Waals surface area contributed by atoms with E-state index in [4.69, 9.17) is 5.73 Å². The van der Waals surface area contributed by atoms with Gasteiger partial charge < -0.3 is 20.9 Å². The van der Waals surface area contributed by atoms with Crippen molar-refractivity contribution in [2.75, 3.05) is 32.0 Å². The molecule has 110 valence electrons. The van der Waals surface area contributed by atoms with E-state index in [1.54, 1.807) is 0 Å². The summed E-state index contributed by atoms with van der Waals surface area (Å²) < 4.78 is 0. The first-order chi connectivity index (χ1) is 9.47. The fourth-order valence-electron chi connectivity index (χ4n) is 2.54. The zero-order valence-electron chi connectivity index (χ0n) is 12.5. The van der Waals surface area contributed by atoms with Crippen LogP contribution >= 0.6 is 0 Å².